The average Bonchev–Trinajstić information content (AvgIpc) is 3.44. The summed E-state index contributed by atoms with van der Waals surface area (Å²) < 4.78 is 0. The molecular weight excluding hydrogens is 366 g/mol. The molecule has 0 unspecified atom stereocenters. The van der Waals surface area contributed by atoms with Gasteiger partial charge in [-0.15, -0.1) is 11.3 Å². The van der Waals surface area contributed by atoms with E-state index in [0.29, 0.717) is 15.4 Å². The fourth-order valence-corrected chi connectivity index (χ4v) is 3.84. The minimum Gasteiger partial charge on any atom is -0.334 e. The summed E-state index contributed by atoms with van der Waals surface area (Å²) in [6, 6.07) is 7.77. The molecule has 3 rings (SSSR count). The van der Waals surface area contributed by atoms with Gasteiger partial charge in [0.15, 0.2) is 0 Å². The van der Waals surface area contributed by atoms with Gasteiger partial charge < -0.3 is 10.2 Å². The van der Waals surface area contributed by atoms with Crippen LogP contribution >= 0.6 is 11.3 Å². The monoisotopic (exact) mass is 387 g/mol. The molecule has 2 amide bonds. The van der Waals surface area contributed by atoms with E-state index in [1.54, 1.807) is 24.1 Å². The third-order valence-electron chi connectivity index (χ3n) is 4.77. The Hall–Kier alpha value is -2.74. The van der Waals surface area contributed by atoms with Gasteiger partial charge in [-0.25, -0.2) is 0 Å². The van der Waals surface area contributed by atoms with Crippen LogP contribution in [-0.4, -0.2) is 28.7 Å². The average molecular weight is 387 g/mol. The molecule has 1 N–H and O–H groups in total. The van der Waals surface area contributed by atoms with Gasteiger partial charge in [0, 0.05) is 25.1 Å². The first-order chi connectivity index (χ1) is 12.8. The summed E-state index contributed by atoms with van der Waals surface area (Å²) in [5, 5.41) is 14.5. The number of rotatable bonds is 6. The van der Waals surface area contributed by atoms with Crippen LogP contribution in [0, 0.1) is 23.0 Å². The maximum Gasteiger partial charge on any atom is 0.269 e. The van der Waals surface area contributed by atoms with Crippen molar-refractivity contribution in [2.75, 3.05) is 12.4 Å². The topological polar surface area (TPSA) is 92.6 Å². The minimum absolute atomic E-state index is 0.00224. The second kappa shape index (κ2) is 7.48. The zero-order valence-corrected chi connectivity index (χ0v) is 16.2. The maximum absolute atomic E-state index is 12.9. The van der Waals surface area contributed by atoms with Crippen LogP contribution < -0.4 is 5.32 Å². The molecule has 0 bridgehead atoms. The van der Waals surface area contributed by atoms with Crippen molar-refractivity contribution >= 4 is 33.8 Å². The smallest absolute Gasteiger partial charge is 0.269 e. The van der Waals surface area contributed by atoms with Gasteiger partial charge in [0.1, 0.15) is 0 Å². The van der Waals surface area contributed by atoms with Crippen LogP contribution in [0.4, 0.5) is 10.7 Å². The van der Waals surface area contributed by atoms with Gasteiger partial charge in [0.2, 0.25) is 5.91 Å². The molecule has 0 saturated heterocycles. The molecule has 7 nitrogen and oxygen atoms in total. The Morgan fingerprint density at radius 2 is 2.04 bits per heavy atom. The zero-order valence-electron chi connectivity index (χ0n) is 15.4. The number of aryl methyl sites for hydroxylation is 1. The molecule has 2 aromatic rings. The van der Waals surface area contributed by atoms with Crippen LogP contribution in [0.5, 0.6) is 0 Å². The summed E-state index contributed by atoms with van der Waals surface area (Å²) in [6.45, 7) is 3.66. The molecule has 1 aromatic heterocycles. The lowest BCUT2D eigenvalue weighted by Crippen LogP contribution is -2.29. The van der Waals surface area contributed by atoms with Crippen LogP contribution in [0.1, 0.15) is 46.6 Å². The highest BCUT2D eigenvalue weighted by Gasteiger charge is 2.30. The number of nitrogens with zero attached hydrogens (tertiary/aromatic N) is 2. The fourth-order valence-electron chi connectivity index (χ4n) is 2.78. The number of nitro groups is 1. The van der Waals surface area contributed by atoms with Crippen LogP contribution in [0.3, 0.4) is 0 Å². The van der Waals surface area contributed by atoms with E-state index in [1.165, 1.54) is 23.5 Å². The number of anilines is 1. The number of benzene rings is 1. The first-order valence-electron chi connectivity index (χ1n) is 8.70. The van der Waals surface area contributed by atoms with Crippen molar-refractivity contribution in [1.82, 2.24) is 4.90 Å². The van der Waals surface area contributed by atoms with Crippen LogP contribution in [0.2, 0.25) is 0 Å². The molecule has 8 heteroatoms. The molecule has 1 atom stereocenters. The summed E-state index contributed by atoms with van der Waals surface area (Å²) in [7, 11) is 1.67. The number of thiophene rings is 1. The summed E-state index contributed by atoms with van der Waals surface area (Å²) in [5.41, 5.74) is 1.49. The van der Waals surface area contributed by atoms with E-state index in [-0.39, 0.29) is 29.5 Å². The van der Waals surface area contributed by atoms with E-state index in [1.807, 2.05) is 19.9 Å². The van der Waals surface area contributed by atoms with E-state index in [0.717, 1.165) is 18.4 Å². The van der Waals surface area contributed by atoms with Crippen molar-refractivity contribution in [3.8, 4) is 0 Å². The van der Waals surface area contributed by atoms with Gasteiger partial charge in [-0.2, -0.15) is 0 Å². The van der Waals surface area contributed by atoms with Crippen molar-refractivity contribution < 1.29 is 14.5 Å². The standard InChI is InChI=1S/C19H21N3O4S/c1-11-9-16(20-18(23)13-7-8-13)27-17(11)19(24)21(3)12(2)14-5-4-6-15(10-14)22(25)26/h4-6,9-10,12-13H,7-8H2,1-3H3,(H,20,23)/t12-/m0/s1. The highest BCUT2D eigenvalue weighted by atomic mass is 32.1. The fraction of sp³-hybridized carbons (Fsp3) is 0.368. The molecule has 1 aliphatic rings. The van der Waals surface area contributed by atoms with Gasteiger partial charge in [-0.3, -0.25) is 19.7 Å². The quantitative estimate of drug-likeness (QED) is 0.595. The lowest BCUT2D eigenvalue weighted by molar-refractivity contribution is -0.384. The molecule has 0 spiro atoms. The summed E-state index contributed by atoms with van der Waals surface area (Å²) >= 11 is 1.26. The number of nitrogens with one attached hydrogen (secondary N) is 1. The Balaban J connectivity index is 1.76. The number of nitro benzene ring substituents is 1. The van der Waals surface area contributed by atoms with Gasteiger partial charge >= 0.3 is 0 Å². The molecule has 1 fully saturated rings. The molecule has 1 aromatic carbocycles. The Morgan fingerprint density at radius 3 is 2.67 bits per heavy atom. The van der Waals surface area contributed by atoms with Crippen molar-refractivity contribution in [1.29, 1.82) is 0 Å². The summed E-state index contributed by atoms with van der Waals surface area (Å²) in [5.74, 6) is -0.0693. The van der Waals surface area contributed by atoms with Gasteiger partial charge in [0.25, 0.3) is 11.6 Å². The van der Waals surface area contributed by atoms with E-state index >= 15 is 0 Å². The molecule has 142 valence electrons. The SMILES string of the molecule is Cc1cc(NC(=O)C2CC2)sc1C(=O)N(C)[C@@H](C)c1cccc([N+](=O)[O-])c1. The first kappa shape index (κ1) is 19.0. The minimum atomic E-state index is -0.448. The molecule has 27 heavy (non-hydrogen) atoms. The Morgan fingerprint density at radius 1 is 1.33 bits per heavy atom. The van der Waals surface area contributed by atoms with Gasteiger partial charge in [-0.1, -0.05) is 12.1 Å². The lowest BCUT2D eigenvalue weighted by atomic mass is 10.1. The van der Waals surface area contributed by atoms with E-state index in [4.69, 9.17) is 0 Å². The highest BCUT2D eigenvalue weighted by Crippen LogP contribution is 2.34. The van der Waals surface area contributed by atoms with E-state index in [9.17, 15) is 19.7 Å². The third-order valence-corrected chi connectivity index (χ3v) is 5.91. The molecule has 1 heterocycles. The maximum atomic E-state index is 12.9. The summed E-state index contributed by atoms with van der Waals surface area (Å²) in [4.78, 5) is 37.5. The number of hydrogen-bond acceptors (Lipinski definition) is 5. The van der Waals surface area contributed by atoms with Crippen LogP contribution in [0.25, 0.3) is 0 Å². The largest absolute Gasteiger partial charge is 0.334 e. The Kier molecular flexibility index (Phi) is 5.27. The molecule has 1 saturated carbocycles. The second-order valence-corrected chi connectivity index (χ2v) is 7.88. The van der Waals surface area contributed by atoms with E-state index < -0.39 is 4.92 Å². The second-order valence-electron chi connectivity index (χ2n) is 6.83. The van der Waals surface area contributed by atoms with Crippen molar-refractivity contribution in [2.24, 2.45) is 5.92 Å². The number of hydrogen-bond donors (Lipinski definition) is 1. The van der Waals surface area contributed by atoms with Gasteiger partial charge in [-0.05, 0) is 43.9 Å². The first-order valence-corrected chi connectivity index (χ1v) is 9.52. The molecule has 0 radical (unpaired) electrons. The number of non-ortho nitro benzene ring substituents is 1. The van der Waals surface area contributed by atoms with Crippen LogP contribution in [-0.2, 0) is 4.79 Å². The van der Waals surface area contributed by atoms with Crippen molar-refractivity contribution in [3.05, 3.63) is 56.5 Å². The lowest BCUT2D eigenvalue weighted by Gasteiger charge is -2.25. The predicted molar refractivity (Wildman–Crippen MR) is 104 cm³/mol. The summed E-state index contributed by atoms with van der Waals surface area (Å²) in [6.07, 6.45) is 1.84. The Labute approximate surface area is 161 Å². The number of amides is 2. The van der Waals surface area contributed by atoms with Crippen molar-refractivity contribution in [2.45, 2.75) is 32.7 Å². The van der Waals surface area contributed by atoms with E-state index in [2.05, 4.69) is 5.32 Å². The van der Waals surface area contributed by atoms with Crippen LogP contribution in [0.15, 0.2) is 30.3 Å². The number of carbonyl (C=O) groups excluding carboxylic acids is 2. The molecular formula is C19H21N3O4S. The molecule has 1 aliphatic carbocycles. The predicted octanol–water partition coefficient (Wildman–Crippen LogP) is 4.15. The molecule has 0 aliphatic heterocycles. The normalized spacial score (nSPS) is 14.5. The van der Waals surface area contributed by atoms with Crippen molar-refractivity contribution in [3.63, 3.8) is 0 Å². The third kappa shape index (κ3) is 4.16. The number of carbonyl (C=O) groups is 2. The van der Waals surface area contributed by atoms with Gasteiger partial charge in [0.05, 0.1) is 20.8 Å². The zero-order chi connectivity index (χ0) is 19.7. The highest BCUT2D eigenvalue weighted by molar-refractivity contribution is 7.18. The Bertz CT molecular complexity index is 904.